The van der Waals surface area contributed by atoms with Gasteiger partial charge in [-0.1, -0.05) is 30.3 Å². The molecular formula is C30H21F4N3O4S3. The van der Waals surface area contributed by atoms with Crippen molar-refractivity contribution in [3.63, 3.8) is 0 Å². The molecule has 14 heteroatoms. The van der Waals surface area contributed by atoms with Gasteiger partial charge in [0.15, 0.2) is 5.78 Å². The van der Waals surface area contributed by atoms with Gasteiger partial charge in [0.05, 0.1) is 26.0 Å². The first kappa shape index (κ1) is 31.3. The number of halogens is 4. The maximum atomic E-state index is 13.7. The number of Topliss-reactive ketones (excluding diaryl/α,β-unsaturated/α-hetero) is 1. The van der Waals surface area contributed by atoms with Crippen LogP contribution >= 0.6 is 22.7 Å². The lowest BCUT2D eigenvalue weighted by Crippen LogP contribution is -2.10. The Balaban J connectivity index is 0.00000384. The van der Waals surface area contributed by atoms with Crippen LogP contribution in [0.4, 0.5) is 17.6 Å². The minimum absolute atomic E-state index is 0. The number of alkyl halides is 3. The molecule has 0 aliphatic heterocycles. The Morgan fingerprint density at radius 3 is 2.18 bits per heavy atom. The number of aryl methyl sites for hydroxylation is 1. The lowest BCUT2D eigenvalue weighted by molar-refractivity contribution is -0.137. The molecule has 6 rings (SSSR count). The summed E-state index contributed by atoms with van der Waals surface area (Å²) in [4.78, 5) is 21.7. The zero-order chi connectivity index (χ0) is 30.7. The highest BCUT2D eigenvalue weighted by molar-refractivity contribution is 7.86. The van der Waals surface area contributed by atoms with Crippen LogP contribution in [0.5, 0.6) is 0 Å². The van der Waals surface area contributed by atoms with E-state index in [4.69, 9.17) is 0 Å². The number of nitrogens with zero attached hydrogens (tertiary/aromatic N) is 2. The summed E-state index contributed by atoms with van der Waals surface area (Å²) in [5.41, 5.74) is 2.10. The fraction of sp³-hybridized carbons (Fsp3) is 0.100. The van der Waals surface area contributed by atoms with E-state index in [0.29, 0.717) is 43.5 Å². The van der Waals surface area contributed by atoms with Gasteiger partial charge >= 0.3 is 6.18 Å². The molecule has 0 aliphatic carbocycles. The normalized spacial score (nSPS) is 12.0. The van der Waals surface area contributed by atoms with Crippen molar-refractivity contribution in [2.45, 2.75) is 24.4 Å². The molecule has 0 unspecified atom stereocenters. The van der Waals surface area contributed by atoms with E-state index in [1.807, 2.05) is 18.2 Å². The molecule has 226 valence electrons. The highest BCUT2D eigenvalue weighted by atomic mass is 32.2. The molecule has 44 heavy (non-hydrogen) atoms. The van der Waals surface area contributed by atoms with Crippen LogP contribution in [0.25, 0.3) is 41.6 Å². The van der Waals surface area contributed by atoms with Gasteiger partial charge in [-0.2, -0.15) is 21.6 Å². The van der Waals surface area contributed by atoms with Crippen molar-refractivity contribution in [1.82, 2.24) is 16.1 Å². The van der Waals surface area contributed by atoms with Crippen LogP contribution < -0.4 is 6.15 Å². The summed E-state index contributed by atoms with van der Waals surface area (Å²) < 4.78 is 87.7. The molecule has 7 nitrogen and oxygen atoms in total. The van der Waals surface area contributed by atoms with Crippen LogP contribution in [0.3, 0.4) is 0 Å². The largest absolute Gasteiger partial charge is 0.416 e. The van der Waals surface area contributed by atoms with Gasteiger partial charge in [0.25, 0.3) is 10.1 Å². The molecule has 2 aromatic heterocycles. The average molecular weight is 660 g/mol. The van der Waals surface area contributed by atoms with E-state index < -0.39 is 33.5 Å². The Hall–Kier alpha value is -4.08. The number of hydrogen-bond acceptors (Lipinski definition) is 8. The number of carbonyl (C=O) groups is 1. The van der Waals surface area contributed by atoms with Crippen LogP contribution in [0.15, 0.2) is 77.7 Å². The van der Waals surface area contributed by atoms with Gasteiger partial charge < -0.3 is 6.15 Å². The molecule has 0 fully saturated rings. The predicted molar refractivity (Wildman–Crippen MR) is 163 cm³/mol. The van der Waals surface area contributed by atoms with Gasteiger partial charge in [-0.05, 0) is 60.5 Å². The van der Waals surface area contributed by atoms with Gasteiger partial charge in [-0.15, -0.1) is 22.7 Å². The highest BCUT2D eigenvalue weighted by Crippen LogP contribution is 2.38. The van der Waals surface area contributed by atoms with Crippen molar-refractivity contribution >= 4 is 59.0 Å². The summed E-state index contributed by atoms with van der Waals surface area (Å²) in [6.45, 7) is 1.61. The Kier molecular flexibility index (Phi) is 8.16. The van der Waals surface area contributed by atoms with Crippen molar-refractivity contribution < 1.29 is 35.3 Å². The number of rotatable bonds is 6. The molecule has 0 saturated carbocycles. The maximum absolute atomic E-state index is 13.7. The molecule has 0 amide bonds. The Bertz CT molecular complexity index is 2170. The van der Waals surface area contributed by atoms with E-state index >= 15 is 0 Å². The van der Waals surface area contributed by atoms with Gasteiger partial charge in [-0.3, -0.25) is 9.35 Å². The predicted octanol–water partition coefficient (Wildman–Crippen LogP) is 8.54. The quantitative estimate of drug-likeness (QED) is 0.104. The molecule has 0 saturated heterocycles. The first-order chi connectivity index (χ1) is 20.3. The Morgan fingerprint density at radius 1 is 0.864 bits per heavy atom. The number of carbonyl (C=O) groups excluding carboxylic acids is 1. The van der Waals surface area contributed by atoms with Crippen molar-refractivity contribution in [2.24, 2.45) is 0 Å². The molecule has 4 N–H and O–H groups in total. The van der Waals surface area contributed by atoms with Gasteiger partial charge in [0.2, 0.25) is 0 Å². The average Bonchev–Trinajstić information content (AvgIpc) is 3.55. The fourth-order valence-electron chi connectivity index (χ4n) is 4.66. The van der Waals surface area contributed by atoms with Crippen molar-refractivity contribution in [3.8, 4) is 21.1 Å². The Morgan fingerprint density at radius 2 is 1.50 bits per heavy atom. The highest BCUT2D eigenvalue weighted by Gasteiger charge is 2.32. The molecule has 0 radical (unpaired) electrons. The number of ketones is 1. The molecule has 6 aromatic rings. The summed E-state index contributed by atoms with van der Waals surface area (Å²) in [5, 5.41) is 1.27. The van der Waals surface area contributed by atoms with Crippen molar-refractivity contribution in [2.75, 3.05) is 0 Å². The third-order valence-corrected chi connectivity index (χ3v) is 10.1. The van der Waals surface area contributed by atoms with E-state index in [1.54, 1.807) is 43.3 Å². The molecule has 0 aliphatic rings. The number of benzene rings is 4. The minimum atomic E-state index is -4.77. The lowest BCUT2D eigenvalue weighted by atomic mass is 10.00. The lowest BCUT2D eigenvalue weighted by Gasteiger charge is -2.09. The first-order valence-corrected chi connectivity index (χ1v) is 15.6. The standard InChI is InChI=1S/C30H18F4N2O4S3.H3N/c1-15-2-8-23-26(27(15)43(38,39)40)42-29(36-23)18-7-9-22-25(13-18)41-28(35-22)17-5-3-16(4-6-17)10-24(37)19-11-20(30(32,33)34)14-21(31)12-19;/h2-9,11-14H,10H2,1H3,(H,38,39,40);1H3. The molecule has 0 spiro atoms. The van der Waals surface area contributed by atoms with E-state index in [-0.39, 0.29) is 23.0 Å². The SMILES string of the molecule is Cc1ccc2nc(-c3ccc4nc(-c5ccc(CC(=O)c6cc(F)cc(C(F)(F)F)c6)cc5)sc4c3)sc2c1S(=O)(=O)O.N. The van der Waals surface area contributed by atoms with Crippen LogP contribution in [-0.2, 0) is 22.7 Å². The zero-order valence-electron chi connectivity index (χ0n) is 22.6. The van der Waals surface area contributed by atoms with Gasteiger partial charge in [0, 0.05) is 23.1 Å². The fourth-order valence-corrected chi connectivity index (χ4v) is 7.98. The summed E-state index contributed by atoms with van der Waals surface area (Å²) in [7, 11) is -4.44. The van der Waals surface area contributed by atoms with Crippen molar-refractivity contribution in [1.29, 1.82) is 0 Å². The Labute approximate surface area is 256 Å². The third kappa shape index (κ3) is 6.12. The number of aromatic nitrogens is 2. The van der Waals surface area contributed by atoms with E-state index in [1.165, 1.54) is 22.7 Å². The van der Waals surface area contributed by atoms with E-state index in [2.05, 4.69) is 9.97 Å². The van der Waals surface area contributed by atoms with E-state index in [9.17, 15) is 35.3 Å². The number of fused-ring (bicyclic) bond motifs is 2. The number of hydrogen-bond donors (Lipinski definition) is 2. The minimum Gasteiger partial charge on any atom is -0.344 e. The van der Waals surface area contributed by atoms with Gasteiger partial charge in [0.1, 0.15) is 20.7 Å². The second kappa shape index (κ2) is 11.4. The summed E-state index contributed by atoms with van der Waals surface area (Å²) in [5.74, 6) is -1.77. The summed E-state index contributed by atoms with van der Waals surface area (Å²) in [6, 6.07) is 17.5. The van der Waals surface area contributed by atoms with Crippen LogP contribution in [-0.4, -0.2) is 28.7 Å². The third-order valence-electron chi connectivity index (χ3n) is 6.71. The molecule has 0 atom stereocenters. The second-order valence-corrected chi connectivity index (χ2v) is 13.2. The summed E-state index contributed by atoms with van der Waals surface area (Å²) in [6.07, 6.45) is -4.97. The maximum Gasteiger partial charge on any atom is 0.416 e. The van der Waals surface area contributed by atoms with Crippen LogP contribution in [0.2, 0.25) is 0 Å². The zero-order valence-corrected chi connectivity index (χ0v) is 25.1. The molecular weight excluding hydrogens is 639 g/mol. The molecule has 0 bridgehead atoms. The van der Waals surface area contributed by atoms with Gasteiger partial charge in [-0.25, -0.2) is 14.4 Å². The summed E-state index contributed by atoms with van der Waals surface area (Å²) >= 11 is 2.58. The topological polar surface area (TPSA) is 132 Å². The number of thiazole rings is 2. The molecule has 4 aromatic carbocycles. The smallest absolute Gasteiger partial charge is 0.344 e. The molecule has 2 heterocycles. The van der Waals surface area contributed by atoms with Crippen molar-refractivity contribution in [3.05, 3.63) is 101 Å². The second-order valence-electron chi connectivity index (χ2n) is 9.78. The monoisotopic (exact) mass is 659 g/mol. The van der Waals surface area contributed by atoms with Crippen LogP contribution in [0, 0.1) is 12.7 Å². The van der Waals surface area contributed by atoms with E-state index in [0.717, 1.165) is 27.4 Å². The first-order valence-electron chi connectivity index (χ1n) is 12.6. The van der Waals surface area contributed by atoms with Crippen LogP contribution in [0.1, 0.15) is 27.0 Å².